The van der Waals surface area contributed by atoms with Crippen molar-refractivity contribution in [1.29, 1.82) is 5.26 Å². The SMILES string of the molecule is CC1(C)C[C@@H](C[C@@H](C#N)NC(=O)[C@@H]2[C@@H]3[C@H](CN2C(=O)[C@@H](NC(=O)C(F)(F)F)C2CCCC(C)(C)O2)C3(C)C)C(=O)N1. The van der Waals surface area contributed by atoms with Crippen LogP contribution in [-0.2, 0) is 23.9 Å². The Bertz CT molecular complexity index is 1150. The summed E-state index contributed by atoms with van der Waals surface area (Å²) in [5.41, 5.74) is -1.45. The number of hydrogen-bond acceptors (Lipinski definition) is 6. The Balaban J connectivity index is 1.56. The first-order chi connectivity index (χ1) is 18.8. The minimum Gasteiger partial charge on any atom is -0.370 e. The second kappa shape index (κ2) is 10.4. The van der Waals surface area contributed by atoms with Gasteiger partial charge >= 0.3 is 12.1 Å². The summed E-state index contributed by atoms with van der Waals surface area (Å²) >= 11 is 0. The Labute approximate surface area is 238 Å². The molecule has 3 N–H and O–H groups in total. The van der Waals surface area contributed by atoms with E-state index < -0.39 is 65.2 Å². The number of alkyl halides is 3. The van der Waals surface area contributed by atoms with Crippen LogP contribution in [0.4, 0.5) is 13.2 Å². The van der Waals surface area contributed by atoms with Crippen LogP contribution in [0, 0.1) is 34.5 Å². The molecule has 0 aromatic carbocycles. The number of amides is 4. The molecule has 41 heavy (non-hydrogen) atoms. The van der Waals surface area contributed by atoms with Crippen LogP contribution in [0.25, 0.3) is 0 Å². The van der Waals surface area contributed by atoms with Crippen LogP contribution in [0.2, 0.25) is 0 Å². The van der Waals surface area contributed by atoms with Gasteiger partial charge in [-0.3, -0.25) is 19.2 Å². The zero-order valence-electron chi connectivity index (χ0n) is 24.4. The van der Waals surface area contributed by atoms with Crippen molar-refractivity contribution in [1.82, 2.24) is 20.9 Å². The molecule has 4 fully saturated rings. The predicted octanol–water partition coefficient (Wildman–Crippen LogP) is 2.18. The molecule has 3 saturated heterocycles. The number of nitrogens with one attached hydrogen (secondary N) is 3. The van der Waals surface area contributed by atoms with Crippen LogP contribution in [-0.4, -0.2) is 76.6 Å². The number of ether oxygens (including phenoxy) is 1. The normalized spacial score (nSPS) is 32.6. The van der Waals surface area contributed by atoms with E-state index in [-0.39, 0.29) is 42.5 Å². The highest BCUT2D eigenvalue weighted by Crippen LogP contribution is 2.65. The standard InChI is InChI=1S/C28H40F3N5O5/c1-25(2)11-14(21(37)35-25)10-15(12-32)33-22(38)20-18-16(27(18,5)6)13-36(20)23(39)19(34-24(40)28(29,30)31)17-8-7-9-26(3,4)41-17/h14-20H,7-11,13H2,1-6H3,(H,33,38)(H,34,40)(H,35,37)/t14-,15+,16+,17?,18+,19+,20+/m1/s1. The minimum atomic E-state index is -5.21. The molecule has 1 aliphatic carbocycles. The highest BCUT2D eigenvalue weighted by atomic mass is 19.4. The minimum absolute atomic E-state index is 0.0770. The molecule has 0 aromatic heterocycles. The van der Waals surface area contributed by atoms with Gasteiger partial charge in [0, 0.05) is 18.0 Å². The third-order valence-electron chi connectivity index (χ3n) is 9.26. The van der Waals surface area contributed by atoms with Gasteiger partial charge in [0.05, 0.1) is 17.8 Å². The maximum atomic E-state index is 13.9. The second-order valence-corrected chi connectivity index (χ2v) is 13.8. The fourth-order valence-electron chi connectivity index (χ4n) is 7.09. The highest BCUT2D eigenvalue weighted by molar-refractivity contribution is 5.95. The Morgan fingerprint density at radius 3 is 2.37 bits per heavy atom. The van der Waals surface area contributed by atoms with Gasteiger partial charge in [0.25, 0.3) is 0 Å². The summed E-state index contributed by atoms with van der Waals surface area (Å²) in [5.74, 6) is -4.71. The molecule has 4 rings (SSSR count). The summed E-state index contributed by atoms with van der Waals surface area (Å²) in [6, 6.07) is -1.66. The molecule has 0 spiro atoms. The van der Waals surface area contributed by atoms with Crippen LogP contribution in [0.3, 0.4) is 0 Å². The van der Waals surface area contributed by atoms with E-state index in [0.717, 1.165) is 0 Å². The summed E-state index contributed by atoms with van der Waals surface area (Å²) in [6.07, 6.45) is -4.17. The zero-order chi connectivity index (χ0) is 30.7. The first-order valence-electron chi connectivity index (χ1n) is 14.2. The average Bonchev–Trinajstić information content (AvgIpc) is 3.11. The summed E-state index contributed by atoms with van der Waals surface area (Å²) < 4.78 is 45.8. The maximum Gasteiger partial charge on any atom is 0.471 e. The van der Waals surface area contributed by atoms with Gasteiger partial charge < -0.3 is 25.6 Å². The smallest absolute Gasteiger partial charge is 0.370 e. The van der Waals surface area contributed by atoms with E-state index in [1.165, 1.54) is 4.90 Å². The van der Waals surface area contributed by atoms with Gasteiger partial charge in [-0.1, -0.05) is 13.8 Å². The molecule has 1 saturated carbocycles. The lowest BCUT2D eigenvalue weighted by atomic mass is 9.91. The van der Waals surface area contributed by atoms with Crippen LogP contribution >= 0.6 is 0 Å². The Morgan fingerprint density at radius 2 is 1.83 bits per heavy atom. The monoisotopic (exact) mass is 583 g/mol. The van der Waals surface area contributed by atoms with Crippen LogP contribution in [0.1, 0.15) is 73.6 Å². The number of nitrogens with zero attached hydrogens (tertiary/aromatic N) is 2. The van der Waals surface area contributed by atoms with Gasteiger partial charge in [-0.05, 0) is 77.0 Å². The summed E-state index contributed by atoms with van der Waals surface area (Å²) in [5, 5.41) is 17.2. The number of piperidine rings is 1. The van der Waals surface area contributed by atoms with Crippen LogP contribution < -0.4 is 16.0 Å². The van der Waals surface area contributed by atoms with E-state index >= 15 is 0 Å². The van der Waals surface area contributed by atoms with Crippen molar-refractivity contribution in [3.63, 3.8) is 0 Å². The number of carbonyl (C=O) groups excluding carboxylic acids is 4. The third kappa shape index (κ3) is 6.32. The molecular weight excluding hydrogens is 543 g/mol. The predicted molar refractivity (Wildman–Crippen MR) is 140 cm³/mol. The van der Waals surface area contributed by atoms with E-state index in [0.29, 0.717) is 19.3 Å². The van der Waals surface area contributed by atoms with E-state index in [2.05, 4.69) is 10.6 Å². The lowest BCUT2D eigenvalue weighted by molar-refractivity contribution is -0.180. The third-order valence-corrected chi connectivity index (χ3v) is 9.26. The molecule has 228 valence electrons. The number of nitriles is 1. The Morgan fingerprint density at radius 1 is 1.17 bits per heavy atom. The van der Waals surface area contributed by atoms with E-state index in [9.17, 15) is 37.6 Å². The molecule has 4 amide bonds. The van der Waals surface area contributed by atoms with E-state index in [1.54, 1.807) is 13.8 Å². The molecule has 3 heterocycles. The van der Waals surface area contributed by atoms with Gasteiger partial charge in [0.1, 0.15) is 18.1 Å². The first-order valence-corrected chi connectivity index (χ1v) is 14.2. The van der Waals surface area contributed by atoms with Crippen molar-refractivity contribution in [2.24, 2.45) is 23.2 Å². The van der Waals surface area contributed by atoms with Crippen molar-refractivity contribution in [3.8, 4) is 6.07 Å². The topological polar surface area (TPSA) is 141 Å². The molecule has 0 aromatic rings. The second-order valence-electron chi connectivity index (χ2n) is 13.8. The van der Waals surface area contributed by atoms with E-state index in [1.807, 2.05) is 39.1 Å². The number of rotatable bonds is 7. The van der Waals surface area contributed by atoms with Gasteiger partial charge in [-0.15, -0.1) is 0 Å². The number of fused-ring (bicyclic) bond motifs is 1. The summed E-state index contributed by atoms with van der Waals surface area (Å²) in [7, 11) is 0. The number of likely N-dealkylation sites (tertiary alicyclic amines) is 1. The van der Waals surface area contributed by atoms with Crippen molar-refractivity contribution in [2.45, 2.75) is 115 Å². The van der Waals surface area contributed by atoms with Gasteiger partial charge in [-0.25, -0.2) is 0 Å². The largest absolute Gasteiger partial charge is 0.471 e. The molecule has 13 heteroatoms. The molecule has 4 aliphatic rings. The molecule has 1 unspecified atom stereocenters. The Kier molecular flexibility index (Phi) is 7.91. The lowest BCUT2D eigenvalue weighted by Crippen LogP contribution is -2.62. The van der Waals surface area contributed by atoms with Crippen molar-refractivity contribution in [3.05, 3.63) is 0 Å². The summed E-state index contributed by atoms with van der Waals surface area (Å²) in [4.78, 5) is 53.2. The fraction of sp³-hybridized carbons (Fsp3) is 0.821. The molecule has 0 radical (unpaired) electrons. The molecule has 10 nitrogen and oxygen atoms in total. The Hall–Kier alpha value is -2.88. The van der Waals surface area contributed by atoms with E-state index in [4.69, 9.17) is 4.74 Å². The number of carbonyl (C=O) groups is 4. The van der Waals surface area contributed by atoms with Crippen LogP contribution in [0.5, 0.6) is 0 Å². The van der Waals surface area contributed by atoms with Crippen molar-refractivity contribution >= 4 is 23.6 Å². The first kappa shape index (κ1) is 31.1. The lowest BCUT2D eigenvalue weighted by Gasteiger charge is -2.41. The van der Waals surface area contributed by atoms with Crippen molar-refractivity contribution in [2.75, 3.05) is 6.54 Å². The quantitative estimate of drug-likeness (QED) is 0.420. The fourth-order valence-corrected chi connectivity index (χ4v) is 7.09. The summed E-state index contributed by atoms with van der Waals surface area (Å²) in [6.45, 7) is 11.3. The zero-order valence-corrected chi connectivity index (χ0v) is 24.4. The highest BCUT2D eigenvalue weighted by Gasteiger charge is 2.70. The number of halogens is 3. The average molecular weight is 584 g/mol. The molecular formula is C28H40F3N5O5. The molecule has 0 bridgehead atoms. The van der Waals surface area contributed by atoms with Crippen molar-refractivity contribution < 1.29 is 37.1 Å². The maximum absolute atomic E-state index is 13.9. The van der Waals surface area contributed by atoms with Gasteiger partial charge in [0.15, 0.2) is 0 Å². The molecule has 3 aliphatic heterocycles. The van der Waals surface area contributed by atoms with Gasteiger partial charge in [-0.2, -0.15) is 18.4 Å². The molecule has 7 atom stereocenters. The van der Waals surface area contributed by atoms with Crippen LogP contribution in [0.15, 0.2) is 0 Å². The van der Waals surface area contributed by atoms with Gasteiger partial charge in [0.2, 0.25) is 17.7 Å². The number of hydrogen-bond donors (Lipinski definition) is 3.